The molecule has 0 radical (unpaired) electrons. The number of nitrogens with one attached hydrogen (secondary N) is 3. The number of nitrogens with two attached hydrogens (primary N) is 1. The van der Waals surface area contributed by atoms with Crippen molar-refractivity contribution in [3.63, 3.8) is 0 Å². The van der Waals surface area contributed by atoms with Crippen molar-refractivity contribution in [2.45, 2.75) is 82.2 Å². The van der Waals surface area contributed by atoms with Crippen molar-refractivity contribution in [1.82, 2.24) is 15.3 Å². The highest BCUT2D eigenvalue weighted by molar-refractivity contribution is 7.93. The van der Waals surface area contributed by atoms with E-state index in [0.29, 0.717) is 34.5 Å². The van der Waals surface area contributed by atoms with Crippen LogP contribution in [-0.2, 0) is 48.4 Å². The summed E-state index contributed by atoms with van der Waals surface area (Å²) in [6, 6.07) is 15.9. The fourth-order valence-electron chi connectivity index (χ4n) is 6.41. The van der Waals surface area contributed by atoms with Crippen LogP contribution < -0.4 is 20.5 Å². The molecule has 0 aliphatic rings. The Bertz CT molecular complexity index is 3470. The molecular weight excluding hydrogens is 1130 g/mol. The number of aromatic nitrogens is 2. The second kappa shape index (κ2) is 25.5. The van der Waals surface area contributed by atoms with E-state index >= 15 is 0 Å². The van der Waals surface area contributed by atoms with Crippen molar-refractivity contribution in [1.29, 1.82) is 0 Å². The molecular formula is C49H43Cl4F6N7O8S2. The molecule has 0 saturated heterocycles. The highest BCUT2D eigenvalue weighted by atomic mass is 35.5. The van der Waals surface area contributed by atoms with Gasteiger partial charge in [0, 0.05) is 35.2 Å². The number of anilines is 3. The lowest BCUT2D eigenvalue weighted by atomic mass is 9.97. The summed E-state index contributed by atoms with van der Waals surface area (Å²) in [5.74, 6) is -1.59. The molecule has 6 rings (SSSR count). The molecule has 0 atom stereocenters. The van der Waals surface area contributed by atoms with Gasteiger partial charge in [0.2, 0.25) is 23.6 Å². The first kappa shape index (κ1) is 62.0. The maximum absolute atomic E-state index is 13.5. The average molecular weight is 1180 g/mol. The number of ketones is 2. The van der Waals surface area contributed by atoms with Gasteiger partial charge in [0.05, 0.1) is 64.8 Å². The van der Waals surface area contributed by atoms with Crippen LogP contribution in [0.15, 0.2) is 112 Å². The Morgan fingerprint density at radius 3 is 1.45 bits per heavy atom. The van der Waals surface area contributed by atoms with Crippen molar-refractivity contribution in [2.75, 3.05) is 15.2 Å². The highest BCUT2D eigenvalue weighted by Gasteiger charge is 2.36. The van der Waals surface area contributed by atoms with Crippen LogP contribution in [0.3, 0.4) is 0 Å². The number of hydrogen-bond acceptors (Lipinski definition) is 12. The number of benzene rings is 4. The molecule has 2 heterocycles. The van der Waals surface area contributed by atoms with E-state index in [2.05, 4.69) is 29.7 Å². The van der Waals surface area contributed by atoms with Gasteiger partial charge >= 0.3 is 12.4 Å². The molecule has 1 amide bonds. The number of aliphatic imine (C=N–C) groups is 1. The fraction of sp³-hybridized carbons (Fsp3) is 0.224. The van der Waals surface area contributed by atoms with Gasteiger partial charge in [-0.05, 0) is 125 Å². The van der Waals surface area contributed by atoms with Crippen molar-refractivity contribution >= 4 is 107 Å². The van der Waals surface area contributed by atoms with Crippen molar-refractivity contribution in [3.05, 3.63) is 168 Å². The number of sulfonamides is 2. The summed E-state index contributed by atoms with van der Waals surface area (Å²) in [6.45, 7) is 10.6. The predicted molar refractivity (Wildman–Crippen MR) is 277 cm³/mol. The van der Waals surface area contributed by atoms with Gasteiger partial charge in [0.25, 0.3) is 20.0 Å². The van der Waals surface area contributed by atoms with Crippen LogP contribution in [0.2, 0.25) is 20.1 Å². The third kappa shape index (κ3) is 17.0. The summed E-state index contributed by atoms with van der Waals surface area (Å²) in [5.41, 5.74) is 4.03. The maximum atomic E-state index is 13.5. The molecule has 0 fully saturated rings. The molecule has 6 aromatic rings. The van der Waals surface area contributed by atoms with Gasteiger partial charge in [-0.15, -0.1) is 0 Å². The van der Waals surface area contributed by atoms with E-state index in [1.54, 1.807) is 38.1 Å². The van der Waals surface area contributed by atoms with E-state index in [9.17, 15) is 62.4 Å². The van der Waals surface area contributed by atoms with E-state index in [1.165, 1.54) is 18.2 Å². The van der Waals surface area contributed by atoms with E-state index in [1.807, 2.05) is 27.7 Å². The van der Waals surface area contributed by atoms with Crippen molar-refractivity contribution < 1.29 is 62.4 Å². The number of amides is 1. The number of isocyanates is 1. The molecule has 2 aromatic heterocycles. The van der Waals surface area contributed by atoms with Gasteiger partial charge in [-0.1, -0.05) is 64.6 Å². The summed E-state index contributed by atoms with van der Waals surface area (Å²) in [5, 5.41) is 1.39. The van der Waals surface area contributed by atoms with Gasteiger partial charge in [-0.25, -0.2) is 36.6 Å². The van der Waals surface area contributed by atoms with Crippen LogP contribution >= 0.6 is 46.4 Å². The third-order valence-electron chi connectivity index (χ3n) is 9.91. The molecule has 27 heteroatoms. The first-order valence-electron chi connectivity index (χ1n) is 21.7. The number of halogens is 10. The lowest BCUT2D eigenvalue weighted by Crippen LogP contribution is -2.31. The smallest absolute Gasteiger partial charge is 0.399 e. The fourth-order valence-corrected chi connectivity index (χ4v) is 9.34. The van der Waals surface area contributed by atoms with Gasteiger partial charge in [0.1, 0.15) is 11.4 Å². The Hall–Kier alpha value is -6.59. The van der Waals surface area contributed by atoms with Crippen LogP contribution in [0.1, 0.15) is 87.6 Å². The number of aryl methyl sites for hydroxylation is 2. The lowest BCUT2D eigenvalue weighted by molar-refractivity contribution is -0.138. The molecule has 0 spiro atoms. The van der Waals surface area contributed by atoms with Crippen molar-refractivity contribution in [2.24, 2.45) is 4.99 Å². The number of carbonyl (C=O) groups is 3. The predicted octanol–water partition coefficient (Wildman–Crippen LogP) is 11.9. The summed E-state index contributed by atoms with van der Waals surface area (Å²) in [6.07, 6.45) is -6.05. The zero-order valence-corrected chi connectivity index (χ0v) is 45.0. The molecule has 404 valence electrons. The zero-order chi connectivity index (χ0) is 57.2. The van der Waals surface area contributed by atoms with Gasteiger partial charge in [-0.3, -0.25) is 23.8 Å². The molecule has 0 aliphatic heterocycles. The Labute approximate surface area is 452 Å². The summed E-state index contributed by atoms with van der Waals surface area (Å²) < 4.78 is 135. The Morgan fingerprint density at radius 2 is 1.07 bits per heavy atom. The number of carbonyl (C=O) groups excluding carboxylic acids is 4. The van der Waals surface area contributed by atoms with E-state index in [4.69, 9.17) is 52.1 Å². The van der Waals surface area contributed by atoms with Gasteiger partial charge < -0.3 is 11.1 Å². The quantitative estimate of drug-likeness (QED) is 0.0263. The van der Waals surface area contributed by atoms with Crippen LogP contribution in [-0.4, -0.2) is 62.4 Å². The molecule has 0 unspecified atom stereocenters. The Kier molecular flexibility index (Phi) is 20.8. The lowest BCUT2D eigenvalue weighted by Gasteiger charge is -2.15. The highest BCUT2D eigenvalue weighted by Crippen LogP contribution is 2.38. The topological polar surface area (TPSA) is 237 Å². The third-order valence-corrected chi connectivity index (χ3v) is 13.7. The van der Waals surface area contributed by atoms with E-state index < -0.39 is 74.9 Å². The Balaban J connectivity index is 0.000000300. The minimum atomic E-state index is -4.89. The molecule has 5 N–H and O–H groups in total. The van der Waals surface area contributed by atoms with Crippen LogP contribution in [0, 0.1) is 13.8 Å². The number of nitrogens with zero attached hydrogens (tertiary/aromatic N) is 3. The molecule has 0 bridgehead atoms. The van der Waals surface area contributed by atoms with Crippen LogP contribution in [0.5, 0.6) is 0 Å². The van der Waals surface area contributed by atoms with Gasteiger partial charge in [0.15, 0.2) is 0 Å². The minimum Gasteiger partial charge on any atom is -0.399 e. The summed E-state index contributed by atoms with van der Waals surface area (Å²) >= 11 is 23.0. The average Bonchev–Trinajstić information content (AvgIpc) is 3.29. The van der Waals surface area contributed by atoms with Crippen LogP contribution in [0.25, 0.3) is 0 Å². The minimum absolute atomic E-state index is 0.00404. The first-order chi connectivity index (χ1) is 35.1. The Morgan fingerprint density at radius 1 is 0.645 bits per heavy atom. The SMILES string of the molecule is CC(C)N=C=O.Cc1ccc(CC(=O)NC(C)C)cc1C(=O)c1ncc(Cl)cc1NS(=O)(=O)c1ccc(Cl)c(C(F)(F)F)c1.Cc1ccc(N)cc1C(=O)c1ncc(Cl)cc1NS(=O)(=O)c1ccc(Cl)c(C(F)(F)F)c1. The number of alkyl halides is 6. The van der Waals surface area contributed by atoms with Crippen molar-refractivity contribution in [3.8, 4) is 0 Å². The maximum Gasteiger partial charge on any atom is 0.417 e. The number of rotatable bonds is 14. The molecule has 0 saturated carbocycles. The normalized spacial score (nSPS) is 11.6. The second-order valence-electron chi connectivity index (χ2n) is 16.7. The van der Waals surface area contributed by atoms with Crippen LogP contribution in [0.4, 0.5) is 43.4 Å². The summed E-state index contributed by atoms with van der Waals surface area (Å²) in [4.78, 5) is 57.8. The number of pyridine rings is 2. The standard InChI is InChI=1S/C25H22Cl2F3N3O4S.C20H14Cl2F3N3O3S.C4H7NO/c1-13(2)32-22(34)9-15-5-4-14(3)18(8-15)24(35)23-21(10-16(26)12-31-23)33-38(36,37)17-6-7-20(27)19(11-17)25(28,29)30;1-10-2-3-12(26)7-14(10)19(29)18-17(6-11(21)9-27-18)28-32(30,31)13-4-5-16(22)15(8-13)20(23,24)25;1-4(2)5-3-6/h4-8,10-13,33H,9H2,1-3H3,(H,32,34);2-9,28H,26H2,1H3;4H,1-2H3. The number of nitrogen functional groups attached to an aromatic ring is 1. The second-order valence-corrected chi connectivity index (χ2v) is 21.7. The van der Waals surface area contributed by atoms with E-state index in [-0.39, 0.29) is 68.3 Å². The molecule has 76 heavy (non-hydrogen) atoms. The molecule has 0 aliphatic carbocycles. The monoisotopic (exact) mass is 1180 g/mol. The van der Waals surface area contributed by atoms with E-state index in [0.717, 1.165) is 48.8 Å². The van der Waals surface area contributed by atoms with Gasteiger partial charge in [-0.2, -0.15) is 26.3 Å². The number of hydrogen-bond donors (Lipinski definition) is 4. The zero-order valence-electron chi connectivity index (χ0n) is 40.4. The summed E-state index contributed by atoms with van der Waals surface area (Å²) in [7, 11) is -9.20. The largest absolute Gasteiger partial charge is 0.417 e. The molecule has 15 nitrogen and oxygen atoms in total. The molecule has 4 aromatic carbocycles. The first-order valence-corrected chi connectivity index (χ1v) is 26.1.